The molecule has 1 aromatic rings. The Morgan fingerprint density at radius 1 is 1.31 bits per heavy atom. The number of nitrogens with one attached hydrogen (secondary N) is 2. The summed E-state index contributed by atoms with van der Waals surface area (Å²) in [5, 5.41) is 7.41. The number of hydrogen-bond acceptors (Lipinski definition) is 3. The van der Waals surface area contributed by atoms with Gasteiger partial charge >= 0.3 is 0 Å². The van der Waals surface area contributed by atoms with Gasteiger partial charge in [-0.15, -0.1) is 24.0 Å². The Morgan fingerprint density at radius 2 is 2.12 bits per heavy atom. The molecule has 7 heteroatoms. The van der Waals surface area contributed by atoms with Crippen molar-refractivity contribution in [1.29, 1.82) is 0 Å². The molecular formula is C19H31ClIN3O2. The zero-order valence-electron chi connectivity index (χ0n) is 15.5. The summed E-state index contributed by atoms with van der Waals surface area (Å²) >= 11 is 5.91. The number of aliphatic imine (C=N–C) groups is 1. The van der Waals surface area contributed by atoms with E-state index in [1.165, 1.54) is 5.56 Å². The van der Waals surface area contributed by atoms with Crippen molar-refractivity contribution >= 4 is 41.5 Å². The molecule has 5 nitrogen and oxygen atoms in total. The topological polar surface area (TPSA) is 54.9 Å². The average Bonchev–Trinajstić information content (AvgIpc) is 3.13. The molecule has 1 aliphatic rings. The minimum atomic E-state index is 0. The highest BCUT2D eigenvalue weighted by Crippen LogP contribution is 2.12. The number of halogens is 2. The second kappa shape index (κ2) is 14.5. The molecule has 1 unspecified atom stereocenters. The summed E-state index contributed by atoms with van der Waals surface area (Å²) in [6.07, 6.45) is 3.00. The first-order valence-electron chi connectivity index (χ1n) is 9.20. The third kappa shape index (κ3) is 9.94. The van der Waals surface area contributed by atoms with Crippen LogP contribution in [0.1, 0.15) is 25.3 Å². The third-order valence-electron chi connectivity index (χ3n) is 4.06. The van der Waals surface area contributed by atoms with Gasteiger partial charge in [-0.25, -0.2) is 0 Å². The SMILES string of the molecule is CCNC(=NCCCOCC1CCOC1)NCCc1ccc(Cl)cc1.I. The van der Waals surface area contributed by atoms with E-state index in [2.05, 4.69) is 34.7 Å². The highest BCUT2D eigenvalue weighted by molar-refractivity contribution is 14.0. The molecule has 1 saturated heterocycles. The van der Waals surface area contributed by atoms with Crippen molar-refractivity contribution in [3.63, 3.8) is 0 Å². The van der Waals surface area contributed by atoms with Gasteiger partial charge in [0.05, 0.1) is 13.2 Å². The Bertz CT molecular complexity index is 508. The molecule has 148 valence electrons. The standard InChI is InChI=1S/C19H30ClN3O2.HI/c1-2-21-19(23-11-8-16-4-6-18(20)7-5-16)22-10-3-12-24-14-17-9-13-25-15-17;/h4-7,17H,2-3,8-15H2,1H3,(H2,21,22,23);1H. The van der Waals surface area contributed by atoms with Crippen LogP contribution >= 0.6 is 35.6 Å². The maximum atomic E-state index is 5.91. The summed E-state index contributed by atoms with van der Waals surface area (Å²) in [5.74, 6) is 1.44. The minimum Gasteiger partial charge on any atom is -0.381 e. The van der Waals surface area contributed by atoms with Gasteiger partial charge in [0.1, 0.15) is 0 Å². The molecule has 26 heavy (non-hydrogen) atoms. The van der Waals surface area contributed by atoms with Crippen molar-refractivity contribution in [1.82, 2.24) is 10.6 Å². The third-order valence-corrected chi connectivity index (χ3v) is 4.31. The first-order valence-corrected chi connectivity index (χ1v) is 9.58. The number of benzene rings is 1. The lowest BCUT2D eigenvalue weighted by Crippen LogP contribution is -2.38. The second-order valence-corrected chi connectivity index (χ2v) is 6.66. The van der Waals surface area contributed by atoms with Crippen LogP contribution in [-0.4, -0.2) is 52.0 Å². The van der Waals surface area contributed by atoms with Gasteiger partial charge in [0.15, 0.2) is 5.96 Å². The van der Waals surface area contributed by atoms with Crippen molar-refractivity contribution in [2.75, 3.05) is 46.1 Å². The van der Waals surface area contributed by atoms with Crippen LogP contribution in [0.15, 0.2) is 29.3 Å². The lowest BCUT2D eigenvalue weighted by Gasteiger charge is -2.12. The monoisotopic (exact) mass is 495 g/mol. The van der Waals surface area contributed by atoms with Crippen LogP contribution in [0.5, 0.6) is 0 Å². The van der Waals surface area contributed by atoms with E-state index in [1.807, 2.05) is 12.1 Å². The number of guanidine groups is 1. The molecule has 2 N–H and O–H groups in total. The van der Waals surface area contributed by atoms with Crippen molar-refractivity contribution in [2.45, 2.75) is 26.2 Å². The largest absolute Gasteiger partial charge is 0.381 e. The van der Waals surface area contributed by atoms with E-state index in [0.29, 0.717) is 5.92 Å². The molecule has 0 amide bonds. The van der Waals surface area contributed by atoms with Gasteiger partial charge in [-0.05, 0) is 43.9 Å². The lowest BCUT2D eigenvalue weighted by atomic mass is 10.1. The lowest BCUT2D eigenvalue weighted by molar-refractivity contribution is 0.0893. The van der Waals surface area contributed by atoms with Gasteiger partial charge in [-0.2, -0.15) is 0 Å². The van der Waals surface area contributed by atoms with Crippen LogP contribution in [0.3, 0.4) is 0 Å². The quantitative estimate of drug-likeness (QED) is 0.226. The number of rotatable bonds is 10. The van der Waals surface area contributed by atoms with E-state index in [9.17, 15) is 0 Å². The van der Waals surface area contributed by atoms with Crippen molar-refractivity contribution in [2.24, 2.45) is 10.9 Å². The Morgan fingerprint density at radius 3 is 2.81 bits per heavy atom. The fourth-order valence-electron chi connectivity index (χ4n) is 2.64. The summed E-state index contributed by atoms with van der Waals surface area (Å²) in [5.41, 5.74) is 1.26. The summed E-state index contributed by atoms with van der Waals surface area (Å²) < 4.78 is 11.1. The van der Waals surface area contributed by atoms with Crippen LogP contribution in [0, 0.1) is 5.92 Å². The molecule has 0 spiro atoms. The molecule has 1 heterocycles. The van der Waals surface area contributed by atoms with Crippen LogP contribution in [0.4, 0.5) is 0 Å². The zero-order chi connectivity index (χ0) is 17.7. The molecule has 1 aromatic carbocycles. The summed E-state index contributed by atoms with van der Waals surface area (Å²) in [6.45, 7) is 7.82. The van der Waals surface area contributed by atoms with E-state index in [0.717, 1.165) is 76.3 Å². The van der Waals surface area contributed by atoms with Crippen LogP contribution < -0.4 is 10.6 Å². The summed E-state index contributed by atoms with van der Waals surface area (Å²) in [7, 11) is 0. The Hall–Kier alpha value is -0.570. The van der Waals surface area contributed by atoms with Gasteiger partial charge in [0, 0.05) is 43.8 Å². The molecule has 0 aromatic heterocycles. The maximum absolute atomic E-state index is 5.91. The Balaban J connectivity index is 0.00000338. The van der Waals surface area contributed by atoms with E-state index < -0.39 is 0 Å². The average molecular weight is 496 g/mol. The fourth-order valence-corrected chi connectivity index (χ4v) is 2.77. The highest BCUT2D eigenvalue weighted by atomic mass is 127. The van der Waals surface area contributed by atoms with E-state index in [4.69, 9.17) is 21.1 Å². The van der Waals surface area contributed by atoms with Crippen molar-refractivity contribution < 1.29 is 9.47 Å². The Kier molecular flexibility index (Phi) is 13.1. The predicted octanol–water partition coefficient (Wildman–Crippen LogP) is 3.50. The van der Waals surface area contributed by atoms with Crippen molar-refractivity contribution in [3.05, 3.63) is 34.9 Å². The van der Waals surface area contributed by atoms with E-state index in [-0.39, 0.29) is 24.0 Å². The van der Waals surface area contributed by atoms with E-state index in [1.54, 1.807) is 0 Å². The first kappa shape index (κ1) is 23.5. The number of nitrogens with zero attached hydrogens (tertiary/aromatic N) is 1. The van der Waals surface area contributed by atoms with Gasteiger partial charge in [-0.3, -0.25) is 4.99 Å². The van der Waals surface area contributed by atoms with Gasteiger partial charge in [0.25, 0.3) is 0 Å². The predicted molar refractivity (Wildman–Crippen MR) is 119 cm³/mol. The number of ether oxygens (including phenoxy) is 2. The first-order chi connectivity index (χ1) is 12.3. The normalized spacial score (nSPS) is 17.0. The minimum absolute atomic E-state index is 0. The molecule has 1 aliphatic heterocycles. The Labute approximate surface area is 179 Å². The summed E-state index contributed by atoms with van der Waals surface area (Å²) in [4.78, 5) is 4.60. The second-order valence-electron chi connectivity index (χ2n) is 6.22. The van der Waals surface area contributed by atoms with E-state index >= 15 is 0 Å². The van der Waals surface area contributed by atoms with Crippen LogP contribution in [0.2, 0.25) is 5.02 Å². The van der Waals surface area contributed by atoms with Gasteiger partial charge < -0.3 is 20.1 Å². The highest BCUT2D eigenvalue weighted by Gasteiger charge is 2.15. The van der Waals surface area contributed by atoms with Gasteiger partial charge in [0.2, 0.25) is 0 Å². The molecule has 0 bridgehead atoms. The van der Waals surface area contributed by atoms with Crippen LogP contribution in [0.25, 0.3) is 0 Å². The van der Waals surface area contributed by atoms with Crippen LogP contribution in [-0.2, 0) is 15.9 Å². The molecule has 0 radical (unpaired) electrons. The molecular weight excluding hydrogens is 465 g/mol. The molecule has 2 rings (SSSR count). The zero-order valence-corrected chi connectivity index (χ0v) is 18.6. The fraction of sp³-hybridized carbons (Fsp3) is 0.632. The maximum Gasteiger partial charge on any atom is 0.191 e. The molecule has 0 aliphatic carbocycles. The van der Waals surface area contributed by atoms with Gasteiger partial charge in [-0.1, -0.05) is 23.7 Å². The van der Waals surface area contributed by atoms with Crippen molar-refractivity contribution in [3.8, 4) is 0 Å². The molecule has 1 fully saturated rings. The number of hydrogen-bond donors (Lipinski definition) is 2. The summed E-state index contributed by atoms with van der Waals surface area (Å²) in [6, 6.07) is 7.96. The molecule has 0 saturated carbocycles. The smallest absolute Gasteiger partial charge is 0.191 e. The molecule has 1 atom stereocenters.